The molecule has 2 aromatic rings. The zero-order chi connectivity index (χ0) is 13.0. The molecule has 2 rings (SSSR count). The molecule has 4 nitrogen and oxygen atoms in total. The Bertz CT molecular complexity index is 551. The Labute approximate surface area is 110 Å². The maximum Gasteiger partial charge on any atom is 0.234 e. The average Bonchev–Trinajstić information content (AvgIpc) is 2.75. The van der Waals surface area contributed by atoms with Crippen LogP contribution < -0.4 is 5.32 Å². The van der Waals surface area contributed by atoms with Crippen molar-refractivity contribution in [2.75, 3.05) is 11.1 Å². The van der Waals surface area contributed by atoms with E-state index in [2.05, 4.69) is 10.3 Å². The highest BCUT2D eigenvalue weighted by Gasteiger charge is 2.07. The first-order valence-electron chi connectivity index (χ1n) is 5.62. The third-order valence-electron chi connectivity index (χ3n) is 2.53. The van der Waals surface area contributed by atoms with Crippen molar-refractivity contribution in [1.29, 1.82) is 0 Å². The lowest BCUT2D eigenvalue weighted by Gasteiger charge is -2.07. The Morgan fingerprint density at radius 2 is 2.22 bits per heavy atom. The fraction of sp³-hybridized carbons (Fsp3) is 0.231. The third-order valence-corrected chi connectivity index (χ3v) is 3.59. The van der Waals surface area contributed by atoms with Gasteiger partial charge in [-0.05, 0) is 18.6 Å². The largest absolute Gasteiger partial charge is 0.329 e. The van der Waals surface area contributed by atoms with Gasteiger partial charge in [-0.25, -0.2) is 4.98 Å². The van der Waals surface area contributed by atoms with Gasteiger partial charge in [-0.3, -0.25) is 4.79 Å². The highest BCUT2D eigenvalue weighted by Crippen LogP contribution is 2.16. The van der Waals surface area contributed by atoms with Crippen LogP contribution >= 0.6 is 11.8 Å². The van der Waals surface area contributed by atoms with Gasteiger partial charge >= 0.3 is 0 Å². The predicted octanol–water partition coefficient (Wildman–Crippen LogP) is 2.46. The lowest BCUT2D eigenvalue weighted by Crippen LogP contribution is -2.15. The monoisotopic (exact) mass is 261 g/mol. The van der Waals surface area contributed by atoms with Gasteiger partial charge in [0.25, 0.3) is 0 Å². The van der Waals surface area contributed by atoms with E-state index in [0.29, 0.717) is 5.75 Å². The first-order valence-corrected chi connectivity index (χ1v) is 6.61. The van der Waals surface area contributed by atoms with Gasteiger partial charge in [-0.1, -0.05) is 30.0 Å². The van der Waals surface area contributed by atoms with E-state index in [1.807, 2.05) is 49.0 Å². The second-order valence-corrected chi connectivity index (χ2v) is 4.91. The molecule has 5 heteroatoms. The van der Waals surface area contributed by atoms with Gasteiger partial charge in [0.15, 0.2) is 5.16 Å². The van der Waals surface area contributed by atoms with E-state index >= 15 is 0 Å². The molecule has 0 atom stereocenters. The molecule has 0 saturated carbocycles. The van der Waals surface area contributed by atoms with Crippen LogP contribution in [0, 0.1) is 6.92 Å². The summed E-state index contributed by atoms with van der Waals surface area (Å²) >= 11 is 1.43. The second-order valence-electron chi connectivity index (χ2n) is 3.97. The third kappa shape index (κ3) is 3.13. The molecule has 0 bridgehead atoms. The smallest absolute Gasteiger partial charge is 0.234 e. The summed E-state index contributed by atoms with van der Waals surface area (Å²) < 4.78 is 1.89. The Hall–Kier alpha value is -1.75. The first kappa shape index (κ1) is 12.7. The van der Waals surface area contributed by atoms with Crippen LogP contribution in [0.1, 0.15) is 5.56 Å². The van der Waals surface area contributed by atoms with Crippen molar-refractivity contribution in [1.82, 2.24) is 9.55 Å². The number of nitrogens with zero attached hydrogens (tertiary/aromatic N) is 2. The van der Waals surface area contributed by atoms with Crippen molar-refractivity contribution in [2.24, 2.45) is 7.05 Å². The van der Waals surface area contributed by atoms with E-state index in [9.17, 15) is 4.79 Å². The van der Waals surface area contributed by atoms with Crippen LogP contribution in [0.4, 0.5) is 5.69 Å². The van der Waals surface area contributed by atoms with Gasteiger partial charge in [0.05, 0.1) is 5.75 Å². The standard InChI is InChI=1S/C13H15N3OS/c1-10-5-3-4-6-11(10)15-12(17)9-18-13-14-7-8-16(13)2/h3-8H,9H2,1-2H3,(H,15,17). The maximum absolute atomic E-state index is 11.8. The number of carbonyl (C=O) groups excluding carboxylic acids is 1. The molecular weight excluding hydrogens is 246 g/mol. The first-order chi connectivity index (χ1) is 8.66. The van der Waals surface area contributed by atoms with Gasteiger partial charge in [0.1, 0.15) is 0 Å². The molecule has 1 aromatic heterocycles. The second kappa shape index (κ2) is 5.73. The minimum absolute atomic E-state index is 0.0164. The average molecular weight is 261 g/mol. The van der Waals surface area contributed by atoms with Crippen LogP contribution in [0.3, 0.4) is 0 Å². The quantitative estimate of drug-likeness (QED) is 0.860. The number of aryl methyl sites for hydroxylation is 2. The van der Waals surface area contributed by atoms with Crippen LogP contribution in [0.15, 0.2) is 41.8 Å². The summed E-state index contributed by atoms with van der Waals surface area (Å²) in [4.78, 5) is 16.0. The summed E-state index contributed by atoms with van der Waals surface area (Å²) in [6.45, 7) is 1.97. The number of aromatic nitrogens is 2. The van der Waals surface area contributed by atoms with Crippen LogP contribution in [-0.4, -0.2) is 21.2 Å². The number of rotatable bonds is 4. The van der Waals surface area contributed by atoms with Crippen molar-refractivity contribution in [2.45, 2.75) is 12.1 Å². The Kier molecular flexibility index (Phi) is 4.04. The van der Waals surface area contributed by atoms with Crippen LogP contribution in [0.25, 0.3) is 0 Å². The molecule has 1 aromatic carbocycles. The summed E-state index contributed by atoms with van der Waals surface area (Å²) in [6, 6.07) is 7.74. The predicted molar refractivity (Wildman–Crippen MR) is 73.7 cm³/mol. The highest BCUT2D eigenvalue weighted by molar-refractivity contribution is 7.99. The summed E-state index contributed by atoms with van der Waals surface area (Å²) in [6.07, 6.45) is 3.59. The van der Waals surface area contributed by atoms with Gasteiger partial charge in [-0.2, -0.15) is 0 Å². The van der Waals surface area contributed by atoms with Gasteiger partial charge in [-0.15, -0.1) is 0 Å². The molecule has 1 N–H and O–H groups in total. The molecule has 0 unspecified atom stereocenters. The molecule has 0 fully saturated rings. The van der Waals surface area contributed by atoms with Crippen molar-refractivity contribution in [3.8, 4) is 0 Å². The van der Waals surface area contributed by atoms with E-state index in [1.165, 1.54) is 11.8 Å². The number of hydrogen-bond acceptors (Lipinski definition) is 3. The highest BCUT2D eigenvalue weighted by atomic mass is 32.2. The molecular formula is C13H15N3OS. The van der Waals surface area contributed by atoms with Crippen molar-refractivity contribution in [3.05, 3.63) is 42.2 Å². The number of nitrogens with one attached hydrogen (secondary N) is 1. The Balaban J connectivity index is 1.90. The van der Waals surface area contributed by atoms with Crippen molar-refractivity contribution >= 4 is 23.4 Å². The number of thioether (sulfide) groups is 1. The molecule has 94 valence electrons. The molecule has 0 aliphatic heterocycles. The normalized spacial score (nSPS) is 10.3. The fourth-order valence-electron chi connectivity index (χ4n) is 1.52. The lowest BCUT2D eigenvalue weighted by atomic mass is 10.2. The molecule has 0 saturated heterocycles. The van der Waals surface area contributed by atoms with Crippen LogP contribution in [-0.2, 0) is 11.8 Å². The molecule has 0 spiro atoms. The maximum atomic E-state index is 11.8. The van der Waals surface area contributed by atoms with Gasteiger partial charge in [0, 0.05) is 25.1 Å². The molecule has 0 aliphatic carbocycles. The number of benzene rings is 1. The fourth-order valence-corrected chi connectivity index (χ4v) is 2.25. The summed E-state index contributed by atoms with van der Waals surface area (Å²) in [5.41, 5.74) is 1.93. The summed E-state index contributed by atoms with van der Waals surface area (Å²) in [5.74, 6) is 0.344. The van der Waals surface area contributed by atoms with Crippen LogP contribution in [0.2, 0.25) is 0 Å². The van der Waals surface area contributed by atoms with Crippen molar-refractivity contribution < 1.29 is 4.79 Å². The van der Waals surface area contributed by atoms with Gasteiger partial charge < -0.3 is 9.88 Å². The molecule has 1 heterocycles. The zero-order valence-electron chi connectivity index (χ0n) is 10.4. The lowest BCUT2D eigenvalue weighted by molar-refractivity contribution is -0.113. The van der Waals surface area contributed by atoms with E-state index in [-0.39, 0.29) is 5.91 Å². The summed E-state index contributed by atoms with van der Waals surface area (Å²) in [5, 5.41) is 3.74. The van der Waals surface area contributed by atoms with Gasteiger partial charge in [0.2, 0.25) is 5.91 Å². The topological polar surface area (TPSA) is 46.9 Å². The molecule has 1 amide bonds. The molecule has 18 heavy (non-hydrogen) atoms. The number of carbonyl (C=O) groups is 1. The molecule has 0 radical (unpaired) electrons. The van der Waals surface area contributed by atoms with E-state index in [4.69, 9.17) is 0 Å². The number of imidazole rings is 1. The SMILES string of the molecule is Cc1ccccc1NC(=O)CSc1nccn1C. The number of hydrogen-bond donors (Lipinski definition) is 1. The van der Waals surface area contributed by atoms with E-state index < -0.39 is 0 Å². The Morgan fingerprint density at radius 3 is 2.89 bits per heavy atom. The number of anilines is 1. The summed E-state index contributed by atoms with van der Waals surface area (Å²) in [7, 11) is 1.91. The zero-order valence-corrected chi connectivity index (χ0v) is 11.2. The van der Waals surface area contributed by atoms with Crippen LogP contribution in [0.5, 0.6) is 0 Å². The number of para-hydroxylation sites is 1. The van der Waals surface area contributed by atoms with E-state index in [1.54, 1.807) is 6.20 Å². The van der Waals surface area contributed by atoms with Crippen molar-refractivity contribution in [3.63, 3.8) is 0 Å². The Morgan fingerprint density at radius 1 is 1.44 bits per heavy atom. The number of amides is 1. The minimum atomic E-state index is -0.0164. The molecule has 0 aliphatic rings. The minimum Gasteiger partial charge on any atom is -0.329 e. The van der Waals surface area contributed by atoms with E-state index in [0.717, 1.165) is 16.4 Å².